The summed E-state index contributed by atoms with van der Waals surface area (Å²) in [4.78, 5) is 35.6. The van der Waals surface area contributed by atoms with Crippen molar-refractivity contribution in [2.75, 3.05) is 6.54 Å². The zero-order chi connectivity index (χ0) is 20.7. The van der Waals surface area contributed by atoms with Crippen molar-refractivity contribution in [3.05, 3.63) is 88.0 Å². The molecule has 1 amide bonds. The van der Waals surface area contributed by atoms with E-state index < -0.39 is 0 Å². The number of fused-ring (bicyclic) bond motifs is 2. The van der Waals surface area contributed by atoms with Crippen molar-refractivity contribution < 1.29 is 4.79 Å². The first-order valence-electron chi connectivity index (χ1n) is 10.1. The zero-order valence-electron chi connectivity index (χ0n) is 16.8. The molecule has 0 aliphatic carbocycles. The SMILES string of the molecule is Cc1ccn(CCc2c[nH]c3ccccc23)c(=O)c1C(=O)N1CCn2cncc2C1. The first-order chi connectivity index (χ1) is 14.6. The number of rotatable bonds is 4. The Labute approximate surface area is 173 Å². The summed E-state index contributed by atoms with van der Waals surface area (Å²) < 4.78 is 3.69. The van der Waals surface area contributed by atoms with Crippen LogP contribution in [0.5, 0.6) is 0 Å². The maximum atomic E-state index is 13.2. The van der Waals surface area contributed by atoms with Gasteiger partial charge in [-0.3, -0.25) is 9.59 Å². The Balaban J connectivity index is 1.40. The summed E-state index contributed by atoms with van der Waals surface area (Å²) in [5, 5.41) is 1.17. The molecule has 7 heteroatoms. The number of hydrogen-bond donors (Lipinski definition) is 1. The summed E-state index contributed by atoms with van der Waals surface area (Å²) in [5.41, 5.74) is 4.00. The molecule has 1 aliphatic heterocycles. The number of carbonyl (C=O) groups is 1. The van der Waals surface area contributed by atoms with Crippen LogP contribution in [-0.2, 0) is 26.1 Å². The van der Waals surface area contributed by atoms with Crippen LogP contribution < -0.4 is 5.56 Å². The predicted octanol–water partition coefficient (Wildman–Crippen LogP) is 2.73. The van der Waals surface area contributed by atoms with Crippen molar-refractivity contribution in [2.24, 2.45) is 0 Å². The van der Waals surface area contributed by atoms with Crippen LogP contribution in [0, 0.1) is 6.92 Å². The lowest BCUT2D eigenvalue weighted by Crippen LogP contribution is -2.41. The van der Waals surface area contributed by atoms with Gasteiger partial charge < -0.3 is 19.0 Å². The number of H-pyrrole nitrogens is 1. The van der Waals surface area contributed by atoms with Crippen LogP contribution in [0.4, 0.5) is 0 Å². The molecule has 3 aromatic heterocycles. The van der Waals surface area contributed by atoms with Crippen molar-refractivity contribution in [3.8, 4) is 0 Å². The van der Waals surface area contributed by atoms with Crippen molar-refractivity contribution in [3.63, 3.8) is 0 Å². The molecule has 0 bridgehead atoms. The number of aromatic nitrogens is 4. The second kappa shape index (κ2) is 7.33. The number of benzene rings is 1. The fourth-order valence-corrected chi connectivity index (χ4v) is 4.20. The van der Waals surface area contributed by atoms with Crippen LogP contribution in [0.15, 0.2) is 60.0 Å². The van der Waals surface area contributed by atoms with Gasteiger partial charge in [-0.2, -0.15) is 0 Å². The van der Waals surface area contributed by atoms with Gasteiger partial charge in [-0.15, -0.1) is 0 Å². The topological polar surface area (TPSA) is 75.9 Å². The minimum atomic E-state index is -0.223. The van der Waals surface area contributed by atoms with E-state index in [0.717, 1.165) is 16.8 Å². The Morgan fingerprint density at radius 3 is 2.97 bits per heavy atom. The second-order valence-electron chi connectivity index (χ2n) is 7.79. The number of carbonyl (C=O) groups excluding carboxylic acids is 1. The third kappa shape index (κ3) is 3.12. The summed E-state index contributed by atoms with van der Waals surface area (Å²) in [6, 6.07) is 9.99. The Morgan fingerprint density at radius 1 is 1.20 bits per heavy atom. The molecule has 0 atom stereocenters. The standard InChI is InChI=1S/C23H23N5O2/c1-16-6-8-26(9-7-17-12-25-20-5-3-2-4-19(17)20)22(29)21(16)23(30)27-10-11-28-15-24-13-18(28)14-27/h2-6,8,12-13,15,25H,7,9-11,14H2,1H3. The van der Waals surface area contributed by atoms with E-state index in [9.17, 15) is 9.59 Å². The molecule has 30 heavy (non-hydrogen) atoms. The number of imidazole rings is 1. The summed E-state index contributed by atoms with van der Waals surface area (Å²) in [7, 11) is 0. The number of nitrogens with one attached hydrogen (secondary N) is 1. The number of amides is 1. The molecule has 0 spiro atoms. The van der Waals surface area contributed by atoms with Crippen LogP contribution in [-0.4, -0.2) is 36.5 Å². The van der Waals surface area contributed by atoms with E-state index in [2.05, 4.69) is 16.0 Å². The van der Waals surface area contributed by atoms with Crippen LogP contribution in [0.3, 0.4) is 0 Å². The Hall–Kier alpha value is -3.61. The van der Waals surface area contributed by atoms with Gasteiger partial charge in [-0.05, 0) is 36.6 Å². The first kappa shape index (κ1) is 18.4. The van der Waals surface area contributed by atoms with Crippen molar-refractivity contribution in [1.82, 2.24) is 24.0 Å². The van der Waals surface area contributed by atoms with Gasteiger partial charge in [-0.25, -0.2) is 4.98 Å². The third-order valence-corrected chi connectivity index (χ3v) is 5.93. The number of aryl methyl sites for hydroxylation is 3. The van der Waals surface area contributed by atoms with Gasteiger partial charge in [0, 0.05) is 49.1 Å². The molecule has 1 aliphatic rings. The number of nitrogens with zero attached hydrogens (tertiary/aromatic N) is 4. The van der Waals surface area contributed by atoms with E-state index in [-0.39, 0.29) is 17.0 Å². The molecular formula is C23H23N5O2. The average molecular weight is 401 g/mol. The summed E-state index contributed by atoms with van der Waals surface area (Å²) in [6.45, 7) is 4.09. The molecule has 0 fully saturated rings. The highest BCUT2D eigenvalue weighted by atomic mass is 16.2. The van der Waals surface area contributed by atoms with Crippen LogP contribution >= 0.6 is 0 Å². The smallest absolute Gasteiger partial charge is 0.263 e. The average Bonchev–Trinajstić information content (AvgIpc) is 3.39. The van der Waals surface area contributed by atoms with E-state index in [1.807, 2.05) is 42.0 Å². The highest BCUT2D eigenvalue weighted by Crippen LogP contribution is 2.19. The molecule has 4 heterocycles. The first-order valence-corrected chi connectivity index (χ1v) is 10.1. The number of aromatic amines is 1. The highest BCUT2D eigenvalue weighted by Gasteiger charge is 2.25. The fraction of sp³-hybridized carbons (Fsp3) is 0.261. The van der Waals surface area contributed by atoms with E-state index in [4.69, 9.17) is 0 Å². The molecule has 7 nitrogen and oxygen atoms in total. The molecule has 0 saturated carbocycles. The molecule has 0 radical (unpaired) electrons. The van der Waals surface area contributed by atoms with Gasteiger partial charge >= 0.3 is 0 Å². The van der Waals surface area contributed by atoms with Crippen LogP contribution in [0.1, 0.15) is 27.2 Å². The molecule has 0 saturated heterocycles. The lowest BCUT2D eigenvalue weighted by molar-refractivity contribution is 0.0708. The fourth-order valence-electron chi connectivity index (χ4n) is 4.20. The number of hydrogen-bond acceptors (Lipinski definition) is 3. The molecule has 152 valence electrons. The monoisotopic (exact) mass is 401 g/mol. The van der Waals surface area contributed by atoms with E-state index >= 15 is 0 Å². The van der Waals surface area contributed by atoms with Crippen LogP contribution in [0.2, 0.25) is 0 Å². The second-order valence-corrected chi connectivity index (χ2v) is 7.79. The number of pyridine rings is 1. The Morgan fingerprint density at radius 2 is 2.07 bits per heavy atom. The Bertz CT molecular complexity index is 1300. The van der Waals surface area contributed by atoms with Gasteiger partial charge in [0.05, 0.1) is 18.6 Å². The minimum Gasteiger partial charge on any atom is -0.361 e. The Kier molecular flexibility index (Phi) is 4.50. The molecule has 4 aromatic rings. The van der Waals surface area contributed by atoms with E-state index in [0.29, 0.717) is 38.2 Å². The number of para-hydroxylation sites is 1. The highest BCUT2D eigenvalue weighted by molar-refractivity contribution is 5.95. The van der Waals surface area contributed by atoms with Crippen molar-refractivity contribution >= 4 is 16.8 Å². The minimum absolute atomic E-state index is 0.202. The summed E-state index contributed by atoms with van der Waals surface area (Å²) in [6.07, 6.45) is 8.05. The van der Waals surface area contributed by atoms with Gasteiger partial charge in [0.25, 0.3) is 11.5 Å². The van der Waals surface area contributed by atoms with Gasteiger partial charge in [0.2, 0.25) is 0 Å². The van der Waals surface area contributed by atoms with Crippen molar-refractivity contribution in [2.45, 2.75) is 33.0 Å². The van der Waals surface area contributed by atoms with Gasteiger partial charge in [-0.1, -0.05) is 18.2 Å². The lowest BCUT2D eigenvalue weighted by atomic mass is 10.1. The quantitative estimate of drug-likeness (QED) is 0.571. The lowest BCUT2D eigenvalue weighted by Gasteiger charge is -2.28. The summed E-state index contributed by atoms with van der Waals surface area (Å²) >= 11 is 0. The van der Waals surface area contributed by atoms with Crippen molar-refractivity contribution in [1.29, 1.82) is 0 Å². The molecule has 5 rings (SSSR count). The molecule has 0 unspecified atom stereocenters. The van der Waals surface area contributed by atoms with Crippen LogP contribution in [0.25, 0.3) is 10.9 Å². The summed E-state index contributed by atoms with van der Waals surface area (Å²) in [5.74, 6) is -0.202. The maximum absolute atomic E-state index is 13.2. The molecule has 1 N–H and O–H groups in total. The third-order valence-electron chi connectivity index (χ3n) is 5.93. The predicted molar refractivity (Wildman–Crippen MR) is 114 cm³/mol. The van der Waals surface area contributed by atoms with E-state index in [1.165, 1.54) is 5.39 Å². The maximum Gasteiger partial charge on any atom is 0.263 e. The zero-order valence-corrected chi connectivity index (χ0v) is 16.8. The normalized spacial score (nSPS) is 13.6. The largest absolute Gasteiger partial charge is 0.361 e. The molecular weight excluding hydrogens is 378 g/mol. The molecule has 1 aromatic carbocycles. The van der Waals surface area contributed by atoms with E-state index in [1.54, 1.807) is 28.2 Å². The van der Waals surface area contributed by atoms with Gasteiger partial charge in [0.15, 0.2) is 0 Å². The van der Waals surface area contributed by atoms with Gasteiger partial charge in [0.1, 0.15) is 5.56 Å².